The number of nitrogens with zero attached hydrogens (tertiary/aromatic N) is 4. The van der Waals surface area contributed by atoms with E-state index in [0.29, 0.717) is 32.1 Å². The number of nitrogens with two attached hydrogens (primary N) is 1. The Bertz CT molecular complexity index is 904. The number of fused-ring (bicyclic) bond motifs is 2. The molecular formula is C22H27N5O2. The van der Waals surface area contributed by atoms with Crippen molar-refractivity contribution in [3.63, 3.8) is 0 Å². The first-order valence-electron chi connectivity index (χ1n) is 10.5. The number of rotatable bonds is 3. The fourth-order valence-corrected chi connectivity index (χ4v) is 4.86. The molecule has 2 aliphatic heterocycles. The van der Waals surface area contributed by atoms with Crippen LogP contribution in [0.4, 0.5) is 11.8 Å². The third-order valence-corrected chi connectivity index (χ3v) is 6.28. The number of ether oxygens (including phenoxy) is 1. The number of aromatic nitrogens is 2. The molecule has 7 heteroatoms. The van der Waals surface area contributed by atoms with Crippen LogP contribution in [0.2, 0.25) is 0 Å². The molecule has 0 saturated carbocycles. The summed E-state index contributed by atoms with van der Waals surface area (Å²) < 4.78 is 6.11. The molecular weight excluding hydrogens is 366 g/mol. The van der Waals surface area contributed by atoms with Gasteiger partial charge in [-0.05, 0) is 31.2 Å². The second-order valence-electron chi connectivity index (χ2n) is 8.18. The van der Waals surface area contributed by atoms with Gasteiger partial charge in [0.05, 0.1) is 30.9 Å². The van der Waals surface area contributed by atoms with Gasteiger partial charge in [-0.25, -0.2) is 4.98 Å². The highest BCUT2D eigenvalue weighted by Crippen LogP contribution is 2.33. The van der Waals surface area contributed by atoms with E-state index in [0.717, 1.165) is 49.3 Å². The monoisotopic (exact) mass is 393 g/mol. The zero-order valence-electron chi connectivity index (χ0n) is 16.6. The van der Waals surface area contributed by atoms with Crippen molar-refractivity contribution in [3.8, 4) is 0 Å². The van der Waals surface area contributed by atoms with Crippen molar-refractivity contribution < 1.29 is 9.53 Å². The number of anilines is 2. The molecule has 7 nitrogen and oxygen atoms in total. The first kappa shape index (κ1) is 18.4. The third-order valence-electron chi connectivity index (χ3n) is 6.28. The lowest BCUT2D eigenvalue weighted by Crippen LogP contribution is -2.45. The Hall–Kier alpha value is -2.67. The number of carbonyl (C=O) groups excluding carboxylic acids is 1. The molecule has 2 atom stereocenters. The zero-order chi connectivity index (χ0) is 19.8. The van der Waals surface area contributed by atoms with E-state index in [2.05, 4.69) is 27.0 Å². The van der Waals surface area contributed by atoms with Gasteiger partial charge in [-0.1, -0.05) is 30.3 Å². The molecule has 2 N–H and O–H groups in total. The minimum absolute atomic E-state index is 0.0133. The Morgan fingerprint density at radius 2 is 1.90 bits per heavy atom. The zero-order valence-corrected chi connectivity index (χ0v) is 16.6. The fourth-order valence-electron chi connectivity index (χ4n) is 4.86. The number of nitrogen functional groups attached to an aromatic ring is 1. The van der Waals surface area contributed by atoms with Crippen molar-refractivity contribution in [3.05, 3.63) is 47.2 Å². The van der Waals surface area contributed by atoms with Gasteiger partial charge >= 0.3 is 0 Å². The summed E-state index contributed by atoms with van der Waals surface area (Å²) in [6, 6.07) is 10.2. The van der Waals surface area contributed by atoms with E-state index < -0.39 is 0 Å². The topological polar surface area (TPSA) is 84.6 Å². The van der Waals surface area contributed by atoms with Crippen LogP contribution in [0.5, 0.6) is 0 Å². The molecule has 0 radical (unpaired) electrons. The van der Waals surface area contributed by atoms with Crippen LogP contribution in [0, 0.1) is 0 Å². The van der Waals surface area contributed by atoms with Crippen molar-refractivity contribution in [1.29, 1.82) is 0 Å². The molecule has 5 rings (SSSR count). The van der Waals surface area contributed by atoms with Crippen LogP contribution in [0.25, 0.3) is 0 Å². The summed E-state index contributed by atoms with van der Waals surface area (Å²) in [4.78, 5) is 26.2. The van der Waals surface area contributed by atoms with Gasteiger partial charge in [0.15, 0.2) is 0 Å². The second kappa shape index (κ2) is 7.63. The summed E-state index contributed by atoms with van der Waals surface area (Å²) in [5.41, 5.74) is 9.48. The highest BCUT2D eigenvalue weighted by atomic mass is 16.5. The van der Waals surface area contributed by atoms with Gasteiger partial charge < -0.3 is 20.3 Å². The first-order valence-corrected chi connectivity index (χ1v) is 10.5. The molecule has 152 valence electrons. The van der Waals surface area contributed by atoms with Crippen molar-refractivity contribution >= 4 is 17.7 Å². The molecule has 3 heterocycles. The molecule has 0 spiro atoms. The summed E-state index contributed by atoms with van der Waals surface area (Å²) in [5.74, 6) is 1.44. The van der Waals surface area contributed by atoms with Gasteiger partial charge in [-0.2, -0.15) is 4.98 Å². The van der Waals surface area contributed by atoms with Gasteiger partial charge in [-0.3, -0.25) is 4.79 Å². The second-order valence-corrected chi connectivity index (χ2v) is 8.18. The van der Waals surface area contributed by atoms with Crippen molar-refractivity contribution in [2.45, 2.75) is 50.8 Å². The summed E-state index contributed by atoms with van der Waals surface area (Å²) in [5, 5.41) is 0. The normalized spacial score (nSPS) is 24.2. The summed E-state index contributed by atoms with van der Waals surface area (Å²) in [7, 11) is 0. The van der Waals surface area contributed by atoms with E-state index >= 15 is 0 Å². The predicted octanol–water partition coefficient (Wildman–Crippen LogP) is 1.94. The molecule has 1 aromatic heterocycles. The summed E-state index contributed by atoms with van der Waals surface area (Å²) >= 11 is 0. The number of aryl methyl sites for hydroxylation is 1. The average Bonchev–Trinajstić information content (AvgIpc) is 3.09. The summed E-state index contributed by atoms with van der Waals surface area (Å²) in [6.45, 7) is 2.53. The Kier molecular flexibility index (Phi) is 4.83. The Morgan fingerprint density at radius 1 is 1.07 bits per heavy atom. The molecule has 1 aromatic carbocycles. The molecule has 29 heavy (non-hydrogen) atoms. The van der Waals surface area contributed by atoms with Crippen LogP contribution in [0.1, 0.15) is 36.1 Å². The number of hydrogen-bond donors (Lipinski definition) is 1. The van der Waals surface area contributed by atoms with E-state index in [4.69, 9.17) is 10.5 Å². The largest absolute Gasteiger partial charge is 0.374 e. The number of carbonyl (C=O) groups is 1. The molecule has 0 unspecified atom stereocenters. The first-order chi connectivity index (χ1) is 14.2. The van der Waals surface area contributed by atoms with Gasteiger partial charge in [0.1, 0.15) is 5.82 Å². The number of benzene rings is 1. The highest BCUT2D eigenvalue weighted by molar-refractivity contribution is 5.77. The number of amides is 1. The van der Waals surface area contributed by atoms with E-state index in [1.54, 1.807) is 0 Å². The maximum Gasteiger partial charge on any atom is 0.225 e. The van der Waals surface area contributed by atoms with E-state index in [9.17, 15) is 4.79 Å². The molecule has 2 fully saturated rings. The van der Waals surface area contributed by atoms with Crippen molar-refractivity contribution in [2.75, 3.05) is 30.3 Å². The average molecular weight is 393 g/mol. The van der Waals surface area contributed by atoms with Crippen LogP contribution in [0.15, 0.2) is 30.3 Å². The SMILES string of the molecule is Nc1nc2c(c(N3C[C@@H]4OCCC(=O)N(Cc5ccccc5)[C@H]4C3)n1)CCCC2. The quantitative estimate of drug-likeness (QED) is 0.858. The van der Waals surface area contributed by atoms with Crippen LogP contribution < -0.4 is 10.6 Å². The third kappa shape index (κ3) is 3.55. The van der Waals surface area contributed by atoms with Crippen molar-refractivity contribution in [1.82, 2.24) is 14.9 Å². The summed E-state index contributed by atoms with van der Waals surface area (Å²) in [6.07, 6.45) is 4.69. The lowest BCUT2D eigenvalue weighted by Gasteiger charge is -2.30. The fraction of sp³-hybridized carbons (Fsp3) is 0.500. The molecule has 0 bridgehead atoms. The predicted molar refractivity (Wildman–Crippen MR) is 110 cm³/mol. The Labute approximate surface area is 170 Å². The highest BCUT2D eigenvalue weighted by Gasteiger charge is 2.42. The van der Waals surface area contributed by atoms with Crippen molar-refractivity contribution in [2.24, 2.45) is 0 Å². The maximum atomic E-state index is 12.9. The Balaban J connectivity index is 1.44. The minimum Gasteiger partial charge on any atom is -0.374 e. The number of hydrogen-bond acceptors (Lipinski definition) is 6. The van der Waals surface area contributed by atoms with Crippen LogP contribution >= 0.6 is 0 Å². The molecule has 2 aromatic rings. The van der Waals surface area contributed by atoms with Gasteiger partial charge in [0.2, 0.25) is 11.9 Å². The van der Waals surface area contributed by atoms with Gasteiger partial charge in [0.25, 0.3) is 0 Å². The van der Waals surface area contributed by atoms with Crippen LogP contribution in [-0.4, -0.2) is 52.6 Å². The van der Waals surface area contributed by atoms with Gasteiger partial charge in [0, 0.05) is 25.2 Å². The molecule has 2 saturated heterocycles. The smallest absolute Gasteiger partial charge is 0.225 e. The standard InChI is InChI=1S/C22H27N5O2/c23-22-24-17-9-5-4-8-16(17)21(25-22)26-13-18-19(14-26)29-11-10-20(28)27(18)12-15-6-2-1-3-7-15/h1-3,6-7,18-19H,4-5,8-14H2,(H2,23,24,25)/t18-,19-/m0/s1. The van der Waals surface area contributed by atoms with Crippen LogP contribution in [-0.2, 0) is 28.9 Å². The molecule has 1 aliphatic carbocycles. The Morgan fingerprint density at radius 3 is 2.76 bits per heavy atom. The molecule has 1 amide bonds. The van der Waals surface area contributed by atoms with Gasteiger partial charge in [-0.15, -0.1) is 0 Å². The van der Waals surface area contributed by atoms with Crippen LogP contribution in [0.3, 0.4) is 0 Å². The lowest BCUT2D eigenvalue weighted by molar-refractivity contribution is -0.133. The molecule has 3 aliphatic rings. The van der Waals surface area contributed by atoms with E-state index in [1.807, 2.05) is 23.1 Å². The minimum atomic E-state index is -0.0133. The van der Waals surface area contributed by atoms with E-state index in [-0.39, 0.29) is 18.1 Å². The lowest BCUT2D eigenvalue weighted by atomic mass is 9.96. The maximum absolute atomic E-state index is 12.9. The van der Waals surface area contributed by atoms with E-state index in [1.165, 1.54) is 5.56 Å².